The number of rotatable bonds is 1. The molecule has 1 aliphatic heterocycles. The zero-order chi connectivity index (χ0) is 11.8. The number of aromatic nitrogens is 1. The van der Waals surface area contributed by atoms with Crippen molar-refractivity contribution in [1.82, 2.24) is 10.1 Å². The van der Waals surface area contributed by atoms with Crippen molar-refractivity contribution in [1.29, 1.82) is 0 Å². The predicted molar refractivity (Wildman–Crippen MR) is 67.0 cm³/mol. The average Bonchev–Trinajstić information content (AvgIpc) is 2.94. The lowest BCUT2D eigenvalue weighted by Gasteiger charge is -2.25. The molecule has 4 nitrogen and oxygen atoms in total. The van der Waals surface area contributed by atoms with Gasteiger partial charge in [-0.2, -0.15) is 0 Å². The Labute approximate surface area is 110 Å². The van der Waals surface area contributed by atoms with Crippen molar-refractivity contribution in [2.24, 2.45) is 0 Å². The van der Waals surface area contributed by atoms with Crippen molar-refractivity contribution in [3.63, 3.8) is 0 Å². The second-order valence-electron chi connectivity index (χ2n) is 3.86. The van der Waals surface area contributed by atoms with Gasteiger partial charge in [-0.05, 0) is 34.0 Å². The summed E-state index contributed by atoms with van der Waals surface area (Å²) in [6.07, 6.45) is 2.32. The van der Waals surface area contributed by atoms with Gasteiger partial charge in [0.1, 0.15) is 6.26 Å². The average molecular weight is 313 g/mol. The fourth-order valence-corrected chi connectivity index (χ4v) is 3.75. The molecule has 3 rings (SSSR count). The van der Waals surface area contributed by atoms with Crippen LogP contribution < -0.4 is 0 Å². The predicted octanol–water partition coefficient (Wildman–Crippen LogP) is 2.70. The second kappa shape index (κ2) is 4.27. The number of fused-ring (bicyclic) bond motifs is 1. The monoisotopic (exact) mass is 312 g/mol. The zero-order valence-corrected chi connectivity index (χ0v) is 11.3. The summed E-state index contributed by atoms with van der Waals surface area (Å²) >= 11 is 5.16. The van der Waals surface area contributed by atoms with Crippen LogP contribution in [0.3, 0.4) is 0 Å². The molecule has 17 heavy (non-hydrogen) atoms. The van der Waals surface area contributed by atoms with Crippen molar-refractivity contribution < 1.29 is 9.32 Å². The van der Waals surface area contributed by atoms with Crippen LogP contribution in [-0.2, 0) is 13.0 Å². The Bertz CT molecular complexity index is 550. The number of carbonyl (C=O) groups is 1. The largest absolute Gasteiger partial charge is 0.364 e. The highest BCUT2D eigenvalue weighted by Crippen LogP contribution is 2.31. The first-order chi connectivity index (χ1) is 8.24. The molecule has 3 heterocycles. The van der Waals surface area contributed by atoms with Crippen LogP contribution in [0.15, 0.2) is 26.7 Å². The molecule has 0 saturated carbocycles. The van der Waals surface area contributed by atoms with E-state index in [-0.39, 0.29) is 5.91 Å². The van der Waals surface area contributed by atoms with Gasteiger partial charge in [0, 0.05) is 17.5 Å². The lowest BCUT2D eigenvalue weighted by Crippen LogP contribution is -2.35. The zero-order valence-electron chi connectivity index (χ0n) is 8.85. The van der Waals surface area contributed by atoms with E-state index < -0.39 is 0 Å². The number of hydrogen-bond acceptors (Lipinski definition) is 4. The highest BCUT2D eigenvalue weighted by Gasteiger charge is 2.24. The molecule has 0 aliphatic carbocycles. The Kier molecular flexibility index (Phi) is 2.76. The van der Waals surface area contributed by atoms with Gasteiger partial charge in [-0.25, -0.2) is 0 Å². The normalized spacial score (nSPS) is 14.8. The van der Waals surface area contributed by atoms with Gasteiger partial charge in [0.15, 0.2) is 5.69 Å². The Morgan fingerprint density at radius 2 is 2.47 bits per heavy atom. The molecule has 0 spiro atoms. The van der Waals surface area contributed by atoms with E-state index in [1.165, 1.54) is 16.7 Å². The fourth-order valence-electron chi connectivity index (χ4n) is 1.94. The number of hydrogen-bond donors (Lipinski definition) is 0. The van der Waals surface area contributed by atoms with E-state index in [2.05, 4.69) is 27.2 Å². The summed E-state index contributed by atoms with van der Waals surface area (Å²) in [5.74, 6) is -0.0612. The topological polar surface area (TPSA) is 46.3 Å². The lowest BCUT2D eigenvalue weighted by molar-refractivity contribution is 0.0726. The molecule has 0 aromatic carbocycles. The SMILES string of the molecule is O=C(c1ccon1)N1CCc2cc(Br)sc2C1. The molecule has 2 aromatic heterocycles. The van der Waals surface area contributed by atoms with Gasteiger partial charge in [-0.3, -0.25) is 4.79 Å². The van der Waals surface area contributed by atoms with E-state index >= 15 is 0 Å². The molecule has 2 aromatic rings. The molecule has 1 aliphatic rings. The van der Waals surface area contributed by atoms with Gasteiger partial charge in [0.25, 0.3) is 5.91 Å². The highest BCUT2D eigenvalue weighted by atomic mass is 79.9. The van der Waals surface area contributed by atoms with Gasteiger partial charge in [0.2, 0.25) is 0 Å². The van der Waals surface area contributed by atoms with E-state index in [4.69, 9.17) is 4.52 Å². The third kappa shape index (κ3) is 2.02. The Morgan fingerprint density at radius 3 is 3.24 bits per heavy atom. The summed E-state index contributed by atoms with van der Waals surface area (Å²) in [6, 6.07) is 3.74. The summed E-state index contributed by atoms with van der Waals surface area (Å²) in [5, 5.41) is 3.68. The molecule has 0 N–H and O–H groups in total. The number of carbonyl (C=O) groups excluding carboxylic acids is 1. The summed E-state index contributed by atoms with van der Waals surface area (Å²) in [6.45, 7) is 1.40. The van der Waals surface area contributed by atoms with Crippen LogP contribution in [0.25, 0.3) is 0 Å². The number of nitrogens with zero attached hydrogens (tertiary/aromatic N) is 2. The van der Waals surface area contributed by atoms with Crippen molar-refractivity contribution in [2.75, 3.05) is 6.54 Å². The van der Waals surface area contributed by atoms with E-state index in [9.17, 15) is 4.79 Å². The number of amides is 1. The Balaban J connectivity index is 1.82. The van der Waals surface area contributed by atoms with Crippen LogP contribution >= 0.6 is 27.3 Å². The van der Waals surface area contributed by atoms with E-state index in [0.29, 0.717) is 12.2 Å². The lowest BCUT2D eigenvalue weighted by atomic mass is 10.1. The Morgan fingerprint density at radius 1 is 1.59 bits per heavy atom. The summed E-state index contributed by atoms with van der Waals surface area (Å²) in [5.41, 5.74) is 1.72. The number of halogens is 1. The van der Waals surface area contributed by atoms with E-state index in [1.807, 2.05) is 4.90 Å². The van der Waals surface area contributed by atoms with Crippen molar-refractivity contribution in [3.05, 3.63) is 38.3 Å². The van der Waals surface area contributed by atoms with Crippen molar-refractivity contribution in [3.8, 4) is 0 Å². The summed E-state index contributed by atoms with van der Waals surface area (Å²) in [7, 11) is 0. The van der Waals surface area contributed by atoms with Crippen LogP contribution in [0, 0.1) is 0 Å². The van der Waals surface area contributed by atoms with Crippen molar-refractivity contribution >= 4 is 33.2 Å². The maximum absolute atomic E-state index is 12.1. The first kappa shape index (κ1) is 11.0. The van der Waals surface area contributed by atoms with Gasteiger partial charge >= 0.3 is 0 Å². The van der Waals surface area contributed by atoms with Gasteiger partial charge in [0.05, 0.1) is 10.3 Å². The molecule has 0 bridgehead atoms. The number of thiophene rings is 1. The molecule has 0 saturated heterocycles. The van der Waals surface area contributed by atoms with Gasteiger partial charge < -0.3 is 9.42 Å². The minimum Gasteiger partial charge on any atom is -0.364 e. The van der Waals surface area contributed by atoms with Gasteiger partial charge in [-0.1, -0.05) is 5.16 Å². The van der Waals surface area contributed by atoms with Crippen LogP contribution in [-0.4, -0.2) is 22.5 Å². The molecular weight excluding hydrogens is 304 g/mol. The van der Waals surface area contributed by atoms with Crippen LogP contribution in [0.5, 0.6) is 0 Å². The third-order valence-corrected chi connectivity index (χ3v) is 4.46. The maximum atomic E-state index is 12.1. The van der Waals surface area contributed by atoms with E-state index in [1.54, 1.807) is 17.4 Å². The molecule has 0 unspecified atom stereocenters. The molecular formula is C11H9BrN2O2S. The fraction of sp³-hybridized carbons (Fsp3) is 0.273. The van der Waals surface area contributed by atoms with Crippen LogP contribution in [0.1, 0.15) is 20.9 Å². The minimum atomic E-state index is -0.0612. The second-order valence-corrected chi connectivity index (χ2v) is 6.38. The van der Waals surface area contributed by atoms with Crippen LogP contribution in [0.4, 0.5) is 0 Å². The summed E-state index contributed by atoms with van der Waals surface area (Å²) < 4.78 is 5.82. The third-order valence-electron chi connectivity index (χ3n) is 2.80. The first-order valence-corrected chi connectivity index (χ1v) is 6.82. The molecule has 0 radical (unpaired) electrons. The molecule has 0 fully saturated rings. The summed E-state index contributed by atoms with van der Waals surface area (Å²) in [4.78, 5) is 15.1. The van der Waals surface area contributed by atoms with Crippen molar-refractivity contribution in [2.45, 2.75) is 13.0 Å². The molecule has 0 atom stereocenters. The Hall–Kier alpha value is -1.14. The molecule has 1 amide bonds. The maximum Gasteiger partial charge on any atom is 0.276 e. The van der Waals surface area contributed by atoms with Gasteiger partial charge in [-0.15, -0.1) is 11.3 Å². The standard InChI is InChI=1S/C11H9BrN2O2S/c12-10-5-7-1-3-14(6-9(7)17-10)11(15)8-2-4-16-13-8/h2,4-5H,1,3,6H2. The van der Waals surface area contributed by atoms with E-state index in [0.717, 1.165) is 16.8 Å². The minimum absolute atomic E-state index is 0.0612. The molecule has 6 heteroatoms. The quantitative estimate of drug-likeness (QED) is 0.813. The first-order valence-electron chi connectivity index (χ1n) is 5.21. The highest BCUT2D eigenvalue weighted by molar-refractivity contribution is 9.11. The molecule has 88 valence electrons. The van der Waals surface area contributed by atoms with Crippen LogP contribution in [0.2, 0.25) is 0 Å². The smallest absolute Gasteiger partial charge is 0.276 e.